The Morgan fingerprint density at radius 1 is 1.26 bits per heavy atom. The largest absolute Gasteiger partial charge is 0.627 e. The number of quaternary nitrogens is 1. The van der Waals surface area contributed by atoms with Gasteiger partial charge in [0.05, 0.1) is 18.7 Å². The Morgan fingerprint density at radius 3 is 2.63 bits per heavy atom. The van der Waals surface area contributed by atoms with Crippen LogP contribution in [0, 0.1) is 12.1 Å². The van der Waals surface area contributed by atoms with Crippen molar-refractivity contribution in [2.24, 2.45) is 4.99 Å². The molecule has 2 fully saturated rings. The van der Waals surface area contributed by atoms with Crippen LogP contribution in [0.5, 0.6) is 0 Å². The molecule has 184 valence electrons. The van der Waals surface area contributed by atoms with Gasteiger partial charge in [-0.1, -0.05) is 12.8 Å². The van der Waals surface area contributed by atoms with Gasteiger partial charge in [-0.2, -0.15) is 14.7 Å². The molecule has 11 nitrogen and oxygen atoms in total. The molecule has 4 heterocycles. The van der Waals surface area contributed by atoms with E-state index in [-0.39, 0.29) is 34.4 Å². The maximum Gasteiger partial charge on any atom is 0.263 e. The number of aryl methyl sites for hydroxylation is 1. The first-order valence-electron chi connectivity index (χ1n) is 12.0. The Morgan fingerprint density at radius 2 is 1.97 bits per heavy atom. The van der Waals surface area contributed by atoms with E-state index in [4.69, 9.17) is 0 Å². The van der Waals surface area contributed by atoms with Crippen molar-refractivity contribution in [3.05, 3.63) is 56.7 Å². The van der Waals surface area contributed by atoms with Crippen molar-refractivity contribution in [1.29, 1.82) is 0 Å². The highest BCUT2D eigenvalue weighted by atomic mass is 16.5. The molecule has 0 amide bonds. The summed E-state index contributed by atoms with van der Waals surface area (Å²) in [5, 5.41) is 27.4. The van der Waals surface area contributed by atoms with Gasteiger partial charge in [0.1, 0.15) is 11.8 Å². The van der Waals surface area contributed by atoms with Gasteiger partial charge >= 0.3 is 0 Å². The van der Waals surface area contributed by atoms with Gasteiger partial charge in [0.15, 0.2) is 17.0 Å². The van der Waals surface area contributed by atoms with Gasteiger partial charge in [-0.15, -0.1) is 0 Å². The number of hydroxylamine groups is 2. The second kappa shape index (κ2) is 8.99. The van der Waals surface area contributed by atoms with Crippen molar-refractivity contribution in [3.8, 4) is 0 Å². The first-order chi connectivity index (χ1) is 16.8. The van der Waals surface area contributed by atoms with Crippen LogP contribution >= 0.6 is 0 Å². The molecule has 5 rings (SSSR count). The number of carbonyl (C=O) groups is 1. The van der Waals surface area contributed by atoms with E-state index < -0.39 is 4.65 Å². The normalized spacial score (nSPS) is 18.9. The molecule has 0 spiro atoms. The molecule has 2 aliphatic rings. The van der Waals surface area contributed by atoms with Gasteiger partial charge in [0, 0.05) is 36.8 Å². The van der Waals surface area contributed by atoms with Crippen molar-refractivity contribution in [1.82, 2.24) is 29.2 Å². The first kappa shape index (κ1) is 23.3. The van der Waals surface area contributed by atoms with Crippen LogP contribution in [-0.2, 0) is 0 Å². The molecule has 1 aliphatic heterocycles. The molecule has 0 bridgehead atoms. The van der Waals surface area contributed by atoms with E-state index in [0.717, 1.165) is 30.4 Å². The zero-order chi connectivity index (χ0) is 24.7. The fraction of sp³-hybridized carbons (Fsp3) is 0.458. The summed E-state index contributed by atoms with van der Waals surface area (Å²) in [7, 11) is 0. The SMILES string of the molecule is CC(=O)c1c(C)c2cnc(/N=c3\ccc([N+]4([O-])CCNCC4)cn3O)nc2n(C2CCCC2)c1=O. The standard InChI is InChI=1S/C24H29N7O4/c1-15-19-13-26-24(27-20-8-7-18(14-29(20)34)31(35)11-9-25-10-12-31)28-22(19)30(17-5-3-4-6-17)23(33)21(15)16(2)32/h7-8,13-14,17,25,34H,3-6,9-12H2,1-2H3/b27-20+. The average Bonchev–Trinajstić information content (AvgIpc) is 3.35. The van der Waals surface area contributed by atoms with Crippen LogP contribution in [0.15, 0.2) is 34.3 Å². The number of nitrogens with one attached hydrogen (secondary N) is 1. The molecule has 0 radical (unpaired) electrons. The molecule has 0 aromatic carbocycles. The van der Waals surface area contributed by atoms with E-state index >= 15 is 0 Å². The van der Waals surface area contributed by atoms with Gasteiger partial charge < -0.3 is 20.4 Å². The van der Waals surface area contributed by atoms with Crippen molar-refractivity contribution < 1.29 is 10.0 Å². The molecule has 0 unspecified atom stereocenters. The van der Waals surface area contributed by atoms with Crippen molar-refractivity contribution in [3.63, 3.8) is 0 Å². The number of hydrogen-bond acceptors (Lipinski definition) is 8. The Bertz CT molecular complexity index is 1430. The van der Waals surface area contributed by atoms with Crippen LogP contribution in [0.3, 0.4) is 0 Å². The zero-order valence-electron chi connectivity index (χ0n) is 19.9. The zero-order valence-corrected chi connectivity index (χ0v) is 19.9. The fourth-order valence-corrected chi connectivity index (χ4v) is 5.21. The molecule has 1 saturated heterocycles. The van der Waals surface area contributed by atoms with Crippen molar-refractivity contribution in [2.45, 2.75) is 45.6 Å². The predicted molar refractivity (Wildman–Crippen MR) is 131 cm³/mol. The number of ketones is 1. The summed E-state index contributed by atoms with van der Waals surface area (Å²) in [4.78, 5) is 38.9. The lowest BCUT2D eigenvalue weighted by Crippen LogP contribution is -2.56. The summed E-state index contributed by atoms with van der Waals surface area (Å²) in [6.45, 7) is 5.11. The highest BCUT2D eigenvalue weighted by molar-refractivity contribution is 5.99. The highest BCUT2D eigenvalue weighted by Crippen LogP contribution is 2.32. The molecule has 0 atom stereocenters. The van der Waals surface area contributed by atoms with Gasteiger partial charge in [-0.25, -0.2) is 4.98 Å². The Hall–Kier alpha value is -3.41. The monoisotopic (exact) mass is 479 g/mol. The van der Waals surface area contributed by atoms with Crippen molar-refractivity contribution in [2.75, 3.05) is 26.2 Å². The molecule has 35 heavy (non-hydrogen) atoms. The van der Waals surface area contributed by atoms with E-state index in [0.29, 0.717) is 48.5 Å². The van der Waals surface area contributed by atoms with Crippen LogP contribution in [-0.4, -0.2) is 56.4 Å². The maximum absolute atomic E-state index is 13.3. The van der Waals surface area contributed by atoms with E-state index in [1.807, 2.05) is 0 Å². The average molecular weight is 480 g/mol. The van der Waals surface area contributed by atoms with Gasteiger partial charge in [0.25, 0.3) is 11.5 Å². The topological polar surface area (TPSA) is 137 Å². The van der Waals surface area contributed by atoms with E-state index in [9.17, 15) is 20.0 Å². The molecular weight excluding hydrogens is 450 g/mol. The van der Waals surface area contributed by atoms with Gasteiger partial charge in [-0.05, 0) is 38.3 Å². The Balaban J connectivity index is 1.63. The summed E-state index contributed by atoms with van der Waals surface area (Å²) >= 11 is 0. The molecule has 3 aromatic heterocycles. The fourth-order valence-electron chi connectivity index (χ4n) is 5.21. The van der Waals surface area contributed by atoms with Crippen molar-refractivity contribution >= 4 is 28.5 Å². The number of fused-ring (bicyclic) bond motifs is 1. The van der Waals surface area contributed by atoms with E-state index in [1.165, 1.54) is 13.1 Å². The smallest absolute Gasteiger partial charge is 0.263 e. The van der Waals surface area contributed by atoms with Gasteiger partial charge in [0.2, 0.25) is 0 Å². The highest BCUT2D eigenvalue weighted by Gasteiger charge is 2.26. The number of carbonyl (C=O) groups excluding carboxylic acids is 1. The van der Waals surface area contributed by atoms with Crippen LogP contribution < -0.4 is 21.0 Å². The minimum atomic E-state index is -0.522. The molecule has 1 aliphatic carbocycles. The second-order valence-corrected chi connectivity index (χ2v) is 9.37. The van der Waals surface area contributed by atoms with Gasteiger partial charge in [-0.3, -0.25) is 14.2 Å². The lowest BCUT2D eigenvalue weighted by molar-refractivity contribution is 0.101. The maximum atomic E-state index is 13.3. The Kier molecular flexibility index (Phi) is 5.99. The molecule has 11 heteroatoms. The van der Waals surface area contributed by atoms with Crippen LogP contribution in [0.1, 0.15) is 54.6 Å². The number of piperazine rings is 1. The van der Waals surface area contributed by atoms with Crippen LogP contribution in [0.25, 0.3) is 11.0 Å². The first-order valence-corrected chi connectivity index (χ1v) is 12.0. The summed E-state index contributed by atoms with van der Waals surface area (Å²) in [6.07, 6.45) is 6.65. The summed E-state index contributed by atoms with van der Waals surface area (Å²) in [6, 6.07) is 3.17. The molecule has 1 saturated carbocycles. The molecule has 3 aromatic rings. The van der Waals surface area contributed by atoms with Crippen LogP contribution in [0.4, 0.5) is 11.6 Å². The number of aromatic nitrogens is 4. The molecular formula is C24H29N7O4. The number of hydrogen-bond donors (Lipinski definition) is 2. The predicted octanol–water partition coefficient (Wildman–Crippen LogP) is 2.10. The summed E-state index contributed by atoms with van der Waals surface area (Å²) < 4.78 is 1.90. The third-order valence-electron chi connectivity index (χ3n) is 7.11. The third kappa shape index (κ3) is 4.15. The number of pyridine rings is 2. The number of Topliss-reactive ketones (excluding diaryl/α,β-unsaturated/α-hetero) is 1. The minimum Gasteiger partial charge on any atom is -0.627 e. The molecule has 2 N–H and O–H groups in total. The van der Waals surface area contributed by atoms with E-state index in [2.05, 4.69) is 20.3 Å². The lowest BCUT2D eigenvalue weighted by atomic mass is 10.0. The minimum absolute atomic E-state index is 0.0375. The van der Waals surface area contributed by atoms with E-state index in [1.54, 1.807) is 29.8 Å². The number of rotatable bonds is 4. The quantitative estimate of drug-likeness (QED) is 0.253. The second-order valence-electron chi connectivity index (χ2n) is 9.37. The number of nitrogens with zero attached hydrogens (tertiary/aromatic N) is 6. The summed E-state index contributed by atoms with van der Waals surface area (Å²) in [5.74, 6) is -0.206. The third-order valence-corrected chi connectivity index (χ3v) is 7.11. The van der Waals surface area contributed by atoms with Crippen LogP contribution in [0.2, 0.25) is 0 Å². The Labute approximate surface area is 201 Å². The lowest BCUT2D eigenvalue weighted by Gasteiger charge is -2.44. The summed E-state index contributed by atoms with van der Waals surface area (Å²) in [5.41, 5.74) is 1.42.